The number of nitrogens with zero attached hydrogens (tertiary/aromatic N) is 1. The van der Waals surface area contributed by atoms with Crippen molar-refractivity contribution in [3.63, 3.8) is 0 Å². The molecule has 1 aliphatic rings. The largest absolute Gasteiger partial charge is 0.463 e. The first-order chi connectivity index (χ1) is 9.98. The molecule has 1 saturated heterocycles. The minimum atomic E-state index is -4.70. The van der Waals surface area contributed by atoms with E-state index >= 15 is 0 Å². The number of urea groups is 1. The fourth-order valence-electron chi connectivity index (χ4n) is 2.21. The molecule has 0 aromatic carbocycles. The van der Waals surface area contributed by atoms with Crippen LogP contribution in [0.25, 0.3) is 0 Å². The summed E-state index contributed by atoms with van der Waals surface area (Å²) in [6, 6.07) is -1.17. The van der Waals surface area contributed by atoms with Gasteiger partial charge >= 0.3 is 18.2 Å². The Balaban J connectivity index is 2.72. The van der Waals surface area contributed by atoms with Crippen LogP contribution in [0.15, 0.2) is 0 Å². The SMILES string of the molecule is CCCC(C)OC(=O)CC1(C)NC(=O)N(CC(F)(F)F)C1=O. The molecule has 22 heavy (non-hydrogen) atoms. The van der Waals surface area contributed by atoms with Crippen LogP contribution in [-0.2, 0) is 14.3 Å². The van der Waals surface area contributed by atoms with Gasteiger partial charge in [0.1, 0.15) is 12.1 Å². The molecule has 2 atom stereocenters. The molecule has 9 heteroatoms. The molecule has 1 heterocycles. The number of alkyl halides is 3. The van der Waals surface area contributed by atoms with Gasteiger partial charge in [-0.05, 0) is 20.3 Å². The Labute approximate surface area is 126 Å². The Morgan fingerprint density at radius 2 is 2.00 bits per heavy atom. The quantitative estimate of drug-likeness (QED) is 0.599. The summed E-state index contributed by atoms with van der Waals surface area (Å²) in [6.07, 6.45) is -4.16. The average molecular weight is 324 g/mol. The second-order valence-electron chi connectivity index (χ2n) is 5.53. The summed E-state index contributed by atoms with van der Waals surface area (Å²) in [5, 5.41) is 2.13. The van der Waals surface area contributed by atoms with Crippen LogP contribution in [-0.4, -0.2) is 47.2 Å². The number of carbonyl (C=O) groups is 3. The van der Waals surface area contributed by atoms with E-state index in [2.05, 4.69) is 5.32 Å². The number of carbonyl (C=O) groups excluding carboxylic acids is 3. The Morgan fingerprint density at radius 1 is 1.41 bits per heavy atom. The van der Waals surface area contributed by atoms with Crippen molar-refractivity contribution < 1.29 is 32.3 Å². The molecule has 0 bridgehead atoms. The molecule has 6 nitrogen and oxygen atoms in total. The van der Waals surface area contributed by atoms with Crippen molar-refractivity contribution in [1.29, 1.82) is 0 Å². The zero-order valence-corrected chi connectivity index (χ0v) is 12.6. The first kappa shape index (κ1) is 18.2. The van der Waals surface area contributed by atoms with E-state index in [0.29, 0.717) is 6.42 Å². The third kappa shape index (κ3) is 4.60. The molecule has 0 radical (unpaired) electrons. The van der Waals surface area contributed by atoms with Crippen LogP contribution in [0.2, 0.25) is 0 Å². The van der Waals surface area contributed by atoms with Gasteiger partial charge in [-0.15, -0.1) is 0 Å². The van der Waals surface area contributed by atoms with Crippen molar-refractivity contribution in [1.82, 2.24) is 10.2 Å². The van der Waals surface area contributed by atoms with E-state index in [4.69, 9.17) is 4.74 Å². The minimum absolute atomic E-state index is 0.0583. The smallest absolute Gasteiger partial charge is 0.406 e. The van der Waals surface area contributed by atoms with E-state index < -0.39 is 42.6 Å². The third-order valence-corrected chi connectivity index (χ3v) is 3.21. The van der Waals surface area contributed by atoms with Crippen LogP contribution in [0.5, 0.6) is 0 Å². The highest BCUT2D eigenvalue weighted by atomic mass is 19.4. The van der Waals surface area contributed by atoms with Crippen LogP contribution in [0.1, 0.15) is 40.0 Å². The van der Waals surface area contributed by atoms with Gasteiger partial charge < -0.3 is 10.1 Å². The lowest BCUT2D eigenvalue weighted by atomic mass is 9.98. The fourth-order valence-corrected chi connectivity index (χ4v) is 2.21. The number of amides is 3. The van der Waals surface area contributed by atoms with E-state index in [1.807, 2.05) is 6.92 Å². The lowest BCUT2D eigenvalue weighted by Crippen LogP contribution is -2.47. The maximum atomic E-state index is 12.4. The van der Waals surface area contributed by atoms with E-state index in [-0.39, 0.29) is 11.0 Å². The molecular weight excluding hydrogens is 305 g/mol. The lowest BCUT2D eigenvalue weighted by Gasteiger charge is -2.22. The molecule has 0 aromatic rings. The monoisotopic (exact) mass is 324 g/mol. The van der Waals surface area contributed by atoms with Gasteiger partial charge in [0.25, 0.3) is 5.91 Å². The Morgan fingerprint density at radius 3 is 2.50 bits per heavy atom. The first-order valence-corrected chi connectivity index (χ1v) is 6.89. The van der Waals surface area contributed by atoms with Crippen molar-refractivity contribution in [2.75, 3.05) is 6.54 Å². The molecule has 1 fully saturated rings. The van der Waals surface area contributed by atoms with Crippen molar-refractivity contribution in [2.24, 2.45) is 0 Å². The summed E-state index contributed by atoms with van der Waals surface area (Å²) in [4.78, 5) is 35.3. The number of rotatable bonds is 6. The van der Waals surface area contributed by atoms with Crippen LogP contribution >= 0.6 is 0 Å². The summed E-state index contributed by atoms with van der Waals surface area (Å²) in [5.41, 5.74) is -1.72. The second-order valence-corrected chi connectivity index (χ2v) is 5.53. The molecule has 3 amide bonds. The normalized spacial score (nSPS) is 23.5. The predicted octanol–water partition coefficient (Wildman–Crippen LogP) is 1.98. The van der Waals surface area contributed by atoms with Crippen molar-refractivity contribution >= 4 is 17.9 Å². The molecule has 0 aliphatic carbocycles. The molecule has 1 aliphatic heterocycles. The molecule has 2 unspecified atom stereocenters. The molecule has 1 N–H and O–H groups in total. The zero-order valence-electron chi connectivity index (χ0n) is 12.6. The van der Waals surface area contributed by atoms with Crippen molar-refractivity contribution in [3.05, 3.63) is 0 Å². The Kier molecular flexibility index (Phi) is 5.42. The summed E-state index contributed by atoms with van der Waals surface area (Å²) in [7, 11) is 0. The van der Waals surface area contributed by atoms with Gasteiger partial charge in [0.05, 0.1) is 12.5 Å². The summed E-state index contributed by atoms with van der Waals surface area (Å²) < 4.78 is 42.1. The number of ether oxygens (including phenoxy) is 1. The van der Waals surface area contributed by atoms with Crippen LogP contribution in [0.3, 0.4) is 0 Å². The number of hydrogen-bond acceptors (Lipinski definition) is 4. The highest BCUT2D eigenvalue weighted by molar-refractivity contribution is 6.08. The van der Waals surface area contributed by atoms with Gasteiger partial charge in [-0.3, -0.25) is 14.5 Å². The van der Waals surface area contributed by atoms with E-state index in [9.17, 15) is 27.6 Å². The van der Waals surface area contributed by atoms with E-state index in [1.54, 1.807) is 6.92 Å². The maximum Gasteiger partial charge on any atom is 0.406 e. The fraction of sp³-hybridized carbons (Fsp3) is 0.769. The molecule has 126 valence electrons. The lowest BCUT2D eigenvalue weighted by molar-refractivity contribution is -0.157. The molecule has 0 saturated carbocycles. The summed E-state index contributed by atoms with van der Waals surface area (Å²) >= 11 is 0. The first-order valence-electron chi connectivity index (χ1n) is 6.89. The molecule has 1 rings (SSSR count). The van der Waals surface area contributed by atoms with Gasteiger partial charge in [-0.2, -0.15) is 13.2 Å². The van der Waals surface area contributed by atoms with Gasteiger partial charge in [0.15, 0.2) is 0 Å². The number of halogens is 3. The zero-order chi connectivity index (χ0) is 17.1. The van der Waals surface area contributed by atoms with Gasteiger partial charge in [-0.25, -0.2) is 4.79 Å². The average Bonchev–Trinajstić information content (AvgIpc) is 2.51. The number of nitrogens with one attached hydrogen (secondary N) is 1. The van der Waals surface area contributed by atoms with Gasteiger partial charge in [-0.1, -0.05) is 13.3 Å². The standard InChI is InChI=1S/C13H19F3N2O4/c1-4-5-8(2)22-9(19)6-12(3)10(20)18(11(21)17-12)7-13(14,15)16/h8H,4-7H2,1-3H3,(H,17,21). The van der Waals surface area contributed by atoms with E-state index in [0.717, 1.165) is 6.42 Å². The Bertz CT molecular complexity index is 467. The molecule has 0 aromatic heterocycles. The number of esters is 1. The highest BCUT2D eigenvalue weighted by Gasteiger charge is 2.52. The predicted molar refractivity (Wildman–Crippen MR) is 69.8 cm³/mol. The van der Waals surface area contributed by atoms with Crippen molar-refractivity contribution in [3.8, 4) is 0 Å². The maximum absolute atomic E-state index is 12.4. The van der Waals surface area contributed by atoms with Crippen LogP contribution in [0.4, 0.5) is 18.0 Å². The van der Waals surface area contributed by atoms with Gasteiger partial charge in [0.2, 0.25) is 0 Å². The van der Waals surface area contributed by atoms with Crippen LogP contribution in [0, 0.1) is 0 Å². The topological polar surface area (TPSA) is 75.7 Å². The molecular formula is C13H19F3N2O4. The van der Waals surface area contributed by atoms with Crippen molar-refractivity contribution in [2.45, 2.75) is 57.9 Å². The molecule has 0 spiro atoms. The minimum Gasteiger partial charge on any atom is -0.463 e. The Hall–Kier alpha value is -1.80. The third-order valence-electron chi connectivity index (χ3n) is 3.21. The summed E-state index contributed by atoms with van der Waals surface area (Å²) in [6.45, 7) is 3.10. The second kappa shape index (κ2) is 6.53. The highest BCUT2D eigenvalue weighted by Crippen LogP contribution is 2.26. The summed E-state index contributed by atoms with van der Waals surface area (Å²) in [5.74, 6) is -1.83. The van der Waals surface area contributed by atoms with Gasteiger partial charge in [0, 0.05) is 0 Å². The number of imide groups is 1. The van der Waals surface area contributed by atoms with Crippen LogP contribution < -0.4 is 5.32 Å². The number of hydrogen-bond donors (Lipinski definition) is 1. The van der Waals surface area contributed by atoms with E-state index in [1.165, 1.54) is 6.92 Å².